The number of ether oxygens (including phenoxy) is 1. The molecule has 1 aliphatic rings. The summed E-state index contributed by atoms with van der Waals surface area (Å²) < 4.78 is 4.75. The molecule has 2 N–H and O–H groups in total. The first-order valence-electron chi connectivity index (χ1n) is 6.08. The van der Waals surface area contributed by atoms with Crippen LogP contribution >= 0.6 is 0 Å². The summed E-state index contributed by atoms with van der Waals surface area (Å²) in [5.41, 5.74) is 5.85. The molecular formula is C12H22N2O3. The Kier molecular flexibility index (Phi) is 4.51. The Morgan fingerprint density at radius 1 is 1.35 bits per heavy atom. The lowest BCUT2D eigenvalue weighted by atomic mass is 9.82. The zero-order valence-electron chi connectivity index (χ0n) is 10.9. The van der Waals surface area contributed by atoms with E-state index >= 15 is 0 Å². The van der Waals surface area contributed by atoms with Crippen molar-refractivity contribution in [2.75, 3.05) is 19.7 Å². The SMILES string of the molecule is CCOC(=O)C(N)C(=O)N1CCC(C)(C)CC1. The van der Waals surface area contributed by atoms with Crippen molar-refractivity contribution >= 4 is 11.9 Å². The predicted octanol–water partition coefficient (Wildman–Crippen LogP) is 0.525. The van der Waals surface area contributed by atoms with Gasteiger partial charge >= 0.3 is 5.97 Å². The van der Waals surface area contributed by atoms with E-state index in [4.69, 9.17) is 10.5 Å². The molecule has 1 atom stereocenters. The topological polar surface area (TPSA) is 72.6 Å². The second-order valence-electron chi connectivity index (χ2n) is 5.22. The minimum absolute atomic E-state index is 0.243. The molecule has 1 rings (SSSR count). The van der Waals surface area contributed by atoms with Gasteiger partial charge in [0.2, 0.25) is 0 Å². The molecule has 0 radical (unpaired) electrons. The fourth-order valence-electron chi connectivity index (χ4n) is 1.86. The van der Waals surface area contributed by atoms with Crippen LogP contribution < -0.4 is 5.73 Å². The van der Waals surface area contributed by atoms with Crippen LogP contribution in [0, 0.1) is 5.41 Å². The van der Waals surface area contributed by atoms with Gasteiger partial charge in [0.1, 0.15) is 0 Å². The number of esters is 1. The van der Waals surface area contributed by atoms with E-state index in [2.05, 4.69) is 13.8 Å². The second kappa shape index (κ2) is 5.49. The van der Waals surface area contributed by atoms with E-state index in [1.165, 1.54) is 0 Å². The number of hydrogen-bond acceptors (Lipinski definition) is 4. The Balaban J connectivity index is 2.51. The number of nitrogens with two attached hydrogens (primary N) is 1. The molecule has 0 aromatic heterocycles. The van der Waals surface area contributed by atoms with Gasteiger partial charge in [-0.3, -0.25) is 4.79 Å². The summed E-state index contributed by atoms with van der Waals surface area (Å²) in [6.07, 6.45) is 1.88. The van der Waals surface area contributed by atoms with Crippen molar-refractivity contribution in [2.45, 2.75) is 39.7 Å². The Bertz CT molecular complexity index is 292. The summed E-state index contributed by atoms with van der Waals surface area (Å²) in [5.74, 6) is -0.957. The van der Waals surface area contributed by atoms with E-state index in [-0.39, 0.29) is 17.9 Å². The van der Waals surface area contributed by atoms with Gasteiger partial charge in [-0.05, 0) is 25.2 Å². The van der Waals surface area contributed by atoms with Crippen molar-refractivity contribution in [3.05, 3.63) is 0 Å². The summed E-state index contributed by atoms with van der Waals surface area (Å²) in [4.78, 5) is 24.9. The quantitative estimate of drug-likeness (QED) is 0.578. The standard InChI is InChI=1S/C12H22N2O3/c1-4-17-11(16)9(13)10(15)14-7-5-12(2,3)6-8-14/h9H,4-8,13H2,1-3H3. The first kappa shape index (κ1) is 14.0. The summed E-state index contributed by atoms with van der Waals surface area (Å²) in [6.45, 7) is 7.63. The molecule has 5 heteroatoms. The maximum absolute atomic E-state index is 11.9. The van der Waals surface area contributed by atoms with E-state index in [0.717, 1.165) is 12.8 Å². The highest BCUT2D eigenvalue weighted by atomic mass is 16.5. The van der Waals surface area contributed by atoms with Crippen molar-refractivity contribution < 1.29 is 14.3 Å². The first-order chi connectivity index (χ1) is 7.87. The van der Waals surface area contributed by atoms with Crippen LogP contribution in [0.3, 0.4) is 0 Å². The summed E-state index contributed by atoms with van der Waals surface area (Å²) in [5, 5.41) is 0. The zero-order valence-corrected chi connectivity index (χ0v) is 10.9. The number of hydrogen-bond donors (Lipinski definition) is 1. The van der Waals surface area contributed by atoms with E-state index in [1.807, 2.05) is 0 Å². The summed E-state index contributed by atoms with van der Waals surface area (Å²) in [6, 6.07) is -1.17. The van der Waals surface area contributed by atoms with Crippen LogP contribution in [0.15, 0.2) is 0 Å². The molecular weight excluding hydrogens is 220 g/mol. The monoisotopic (exact) mass is 242 g/mol. The lowest BCUT2D eigenvalue weighted by Crippen LogP contribution is -2.52. The largest absolute Gasteiger partial charge is 0.464 e. The Hall–Kier alpha value is -1.10. The molecule has 1 unspecified atom stereocenters. The number of likely N-dealkylation sites (tertiary alicyclic amines) is 1. The van der Waals surface area contributed by atoms with Crippen molar-refractivity contribution in [1.82, 2.24) is 4.90 Å². The fourth-order valence-corrected chi connectivity index (χ4v) is 1.86. The molecule has 0 spiro atoms. The van der Waals surface area contributed by atoms with Gasteiger partial charge in [0, 0.05) is 13.1 Å². The molecule has 1 amide bonds. The van der Waals surface area contributed by atoms with Gasteiger partial charge in [0.05, 0.1) is 6.61 Å². The Morgan fingerprint density at radius 2 is 1.88 bits per heavy atom. The molecule has 1 fully saturated rings. The molecule has 0 aromatic carbocycles. The maximum Gasteiger partial charge on any atom is 0.332 e. The Morgan fingerprint density at radius 3 is 2.35 bits per heavy atom. The number of amides is 1. The Labute approximate surface area is 102 Å². The summed E-state index contributed by atoms with van der Waals surface area (Å²) >= 11 is 0. The van der Waals surface area contributed by atoms with E-state index in [9.17, 15) is 9.59 Å². The minimum atomic E-state index is -1.17. The smallest absolute Gasteiger partial charge is 0.332 e. The lowest BCUT2D eigenvalue weighted by Gasteiger charge is -2.37. The molecule has 0 aliphatic carbocycles. The molecule has 0 aromatic rings. The average Bonchev–Trinajstić information content (AvgIpc) is 2.27. The van der Waals surface area contributed by atoms with Crippen molar-refractivity contribution in [3.8, 4) is 0 Å². The number of nitrogens with zero attached hydrogens (tertiary/aromatic N) is 1. The lowest BCUT2D eigenvalue weighted by molar-refractivity contribution is -0.151. The first-order valence-corrected chi connectivity index (χ1v) is 6.08. The highest BCUT2D eigenvalue weighted by molar-refractivity contribution is 6.01. The van der Waals surface area contributed by atoms with Crippen molar-refractivity contribution in [3.63, 3.8) is 0 Å². The van der Waals surface area contributed by atoms with Crippen LogP contribution in [-0.2, 0) is 14.3 Å². The van der Waals surface area contributed by atoms with Gasteiger partial charge in [-0.25, -0.2) is 4.79 Å². The fraction of sp³-hybridized carbons (Fsp3) is 0.833. The maximum atomic E-state index is 11.9. The highest BCUT2D eigenvalue weighted by Gasteiger charge is 2.33. The van der Waals surface area contributed by atoms with Crippen molar-refractivity contribution in [1.29, 1.82) is 0 Å². The molecule has 0 bridgehead atoms. The van der Waals surface area contributed by atoms with Crippen molar-refractivity contribution in [2.24, 2.45) is 11.1 Å². The van der Waals surface area contributed by atoms with Crippen LogP contribution in [0.5, 0.6) is 0 Å². The van der Waals surface area contributed by atoms with Crippen LogP contribution in [0.4, 0.5) is 0 Å². The van der Waals surface area contributed by atoms with E-state index in [1.54, 1.807) is 11.8 Å². The van der Waals surface area contributed by atoms with Gasteiger partial charge in [0.25, 0.3) is 5.91 Å². The third-order valence-electron chi connectivity index (χ3n) is 3.24. The van der Waals surface area contributed by atoms with Gasteiger partial charge in [0.15, 0.2) is 6.04 Å². The average molecular weight is 242 g/mol. The number of piperidine rings is 1. The van der Waals surface area contributed by atoms with E-state index < -0.39 is 12.0 Å². The molecule has 1 saturated heterocycles. The van der Waals surface area contributed by atoms with Gasteiger partial charge in [-0.2, -0.15) is 0 Å². The molecule has 0 saturated carbocycles. The number of carbonyl (C=O) groups is 2. The number of carbonyl (C=O) groups excluding carboxylic acids is 2. The van der Waals surface area contributed by atoms with Gasteiger partial charge in [-0.15, -0.1) is 0 Å². The molecule has 5 nitrogen and oxygen atoms in total. The van der Waals surface area contributed by atoms with Crippen LogP contribution in [0.25, 0.3) is 0 Å². The molecule has 1 heterocycles. The minimum Gasteiger partial charge on any atom is -0.464 e. The van der Waals surface area contributed by atoms with E-state index in [0.29, 0.717) is 13.1 Å². The van der Waals surface area contributed by atoms with Crippen LogP contribution in [0.2, 0.25) is 0 Å². The third kappa shape index (κ3) is 3.70. The highest BCUT2D eigenvalue weighted by Crippen LogP contribution is 2.29. The third-order valence-corrected chi connectivity index (χ3v) is 3.24. The zero-order chi connectivity index (χ0) is 13.1. The van der Waals surface area contributed by atoms with Gasteiger partial charge < -0.3 is 15.4 Å². The van der Waals surface area contributed by atoms with Crippen LogP contribution in [0.1, 0.15) is 33.6 Å². The number of rotatable bonds is 3. The van der Waals surface area contributed by atoms with Crippen LogP contribution in [-0.4, -0.2) is 42.5 Å². The molecule has 1 aliphatic heterocycles. The van der Waals surface area contributed by atoms with Gasteiger partial charge in [-0.1, -0.05) is 13.8 Å². The summed E-state index contributed by atoms with van der Waals surface area (Å²) in [7, 11) is 0. The molecule has 17 heavy (non-hydrogen) atoms. The normalized spacial score (nSPS) is 20.8. The predicted molar refractivity (Wildman–Crippen MR) is 64.2 cm³/mol. The second-order valence-corrected chi connectivity index (χ2v) is 5.22. The molecule has 98 valence electrons.